The van der Waals surface area contributed by atoms with Crippen LogP contribution < -0.4 is 9.62 Å². The Morgan fingerprint density at radius 3 is 2.38 bits per heavy atom. The van der Waals surface area contributed by atoms with Gasteiger partial charge < -0.3 is 5.32 Å². The first-order valence-corrected chi connectivity index (χ1v) is 8.68. The van der Waals surface area contributed by atoms with Crippen molar-refractivity contribution in [3.8, 4) is 0 Å². The molecule has 1 N–H and O–H groups in total. The topological polar surface area (TPSA) is 66.5 Å². The van der Waals surface area contributed by atoms with Crippen LogP contribution in [0.1, 0.15) is 26.3 Å². The Hall–Kier alpha value is -1.27. The molecule has 0 bridgehead atoms. The maximum Gasteiger partial charge on any atom is 0.241 e. The van der Waals surface area contributed by atoms with Crippen molar-refractivity contribution in [1.82, 2.24) is 5.32 Å². The van der Waals surface area contributed by atoms with Gasteiger partial charge in [0, 0.05) is 10.6 Å². The predicted molar refractivity (Wildman–Crippen MR) is 86.3 cm³/mol. The molecule has 0 unspecified atom stereocenters. The molecule has 0 saturated carbocycles. The number of amides is 1. The third kappa shape index (κ3) is 5.21. The first-order chi connectivity index (χ1) is 9.42. The summed E-state index contributed by atoms with van der Waals surface area (Å²) in [6, 6.07) is 4.97. The highest BCUT2D eigenvalue weighted by molar-refractivity contribution is 7.92. The highest BCUT2D eigenvalue weighted by Crippen LogP contribution is 2.28. The van der Waals surface area contributed by atoms with Crippen LogP contribution in [0.5, 0.6) is 0 Å². The fourth-order valence-electron chi connectivity index (χ4n) is 1.84. The average molecular weight is 333 g/mol. The van der Waals surface area contributed by atoms with E-state index in [-0.39, 0.29) is 12.5 Å². The quantitative estimate of drug-likeness (QED) is 0.920. The van der Waals surface area contributed by atoms with Crippen molar-refractivity contribution in [3.63, 3.8) is 0 Å². The highest BCUT2D eigenvalue weighted by Gasteiger charge is 2.24. The van der Waals surface area contributed by atoms with Crippen LogP contribution in [0, 0.1) is 6.92 Å². The van der Waals surface area contributed by atoms with Crippen LogP contribution in [0.2, 0.25) is 5.02 Å². The van der Waals surface area contributed by atoms with Crippen LogP contribution in [0.25, 0.3) is 0 Å². The molecule has 1 amide bonds. The third-order valence-corrected chi connectivity index (χ3v) is 4.25. The lowest BCUT2D eigenvalue weighted by molar-refractivity contribution is -0.121. The Bertz CT molecular complexity index is 636. The van der Waals surface area contributed by atoms with Crippen molar-refractivity contribution in [2.75, 3.05) is 17.1 Å². The van der Waals surface area contributed by atoms with Gasteiger partial charge in [-0.2, -0.15) is 0 Å². The number of hydrogen-bond acceptors (Lipinski definition) is 3. The van der Waals surface area contributed by atoms with E-state index in [1.807, 2.05) is 20.8 Å². The van der Waals surface area contributed by atoms with Gasteiger partial charge in [0.2, 0.25) is 15.9 Å². The number of nitrogens with zero attached hydrogens (tertiary/aromatic N) is 1. The van der Waals surface area contributed by atoms with E-state index >= 15 is 0 Å². The molecule has 1 aromatic rings. The lowest BCUT2D eigenvalue weighted by Crippen LogP contribution is -2.47. The van der Waals surface area contributed by atoms with E-state index in [0.717, 1.165) is 10.6 Å². The van der Waals surface area contributed by atoms with Gasteiger partial charge >= 0.3 is 0 Å². The second-order valence-electron chi connectivity index (χ2n) is 5.95. The molecule has 0 aliphatic rings. The van der Waals surface area contributed by atoms with Gasteiger partial charge in [0.15, 0.2) is 0 Å². The first kappa shape index (κ1) is 17.8. The SMILES string of the molecule is Cc1c(Cl)cccc1N(CC(=O)NC(C)(C)C)S(C)(=O)=O. The Kier molecular flexibility index (Phi) is 5.28. The number of anilines is 1. The molecule has 21 heavy (non-hydrogen) atoms. The van der Waals surface area contributed by atoms with Crippen molar-refractivity contribution < 1.29 is 13.2 Å². The monoisotopic (exact) mass is 332 g/mol. The molecular weight excluding hydrogens is 312 g/mol. The maximum absolute atomic E-state index is 12.0. The summed E-state index contributed by atoms with van der Waals surface area (Å²) in [5.74, 6) is -0.368. The van der Waals surface area contributed by atoms with Gasteiger partial charge in [0.05, 0.1) is 11.9 Å². The van der Waals surface area contributed by atoms with Crippen molar-refractivity contribution >= 4 is 33.2 Å². The standard InChI is InChI=1S/C14H21ClN2O3S/c1-10-11(15)7-6-8-12(10)17(21(5,19)20)9-13(18)16-14(2,3)4/h6-8H,9H2,1-5H3,(H,16,18). The van der Waals surface area contributed by atoms with Crippen LogP contribution >= 0.6 is 11.6 Å². The second-order valence-corrected chi connectivity index (χ2v) is 8.27. The molecular formula is C14H21ClN2O3S. The lowest BCUT2D eigenvalue weighted by atomic mass is 10.1. The number of hydrogen-bond donors (Lipinski definition) is 1. The van der Waals surface area contributed by atoms with E-state index < -0.39 is 15.6 Å². The van der Waals surface area contributed by atoms with Gasteiger partial charge in [0.1, 0.15) is 6.54 Å². The zero-order valence-corrected chi connectivity index (χ0v) is 14.5. The minimum Gasteiger partial charge on any atom is -0.350 e. The molecule has 0 radical (unpaired) electrons. The summed E-state index contributed by atoms with van der Waals surface area (Å²) in [6.45, 7) is 6.94. The van der Waals surface area contributed by atoms with Crippen molar-refractivity contribution in [2.24, 2.45) is 0 Å². The number of carbonyl (C=O) groups excluding carboxylic acids is 1. The summed E-state index contributed by atoms with van der Waals surface area (Å²) >= 11 is 6.03. The zero-order valence-electron chi connectivity index (χ0n) is 12.9. The summed E-state index contributed by atoms with van der Waals surface area (Å²) in [6.07, 6.45) is 1.07. The number of carbonyl (C=O) groups is 1. The van der Waals surface area contributed by atoms with E-state index in [2.05, 4.69) is 5.32 Å². The Morgan fingerprint density at radius 2 is 1.90 bits per heavy atom. The minimum atomic E-state index is -3.59. The third-order valence-electron chi connectivity index (χ3n) is 2.71. The lowest BCUT2D eigenvalue weighted by Gasteiger charge is -2.27. The molecule has 1 aromatic carbocycles. The van der Waals surface area contributed by atoms with Crippen LogP contribution in [-0.4, -0.2) is 32.7 Å². The summed E-state index contributed by atoms with van der Waals surface area (Å²) in [4.78, 5) is 12.0. The smallest absolute Gasteiger partial charge is 0.241 e. The number of halogens is 1. The molecule has 0 saturated heterocycles. The van der Waals surface area contributed by atoms with Crippen molar-refractivity contribution in [3.05, 3.63) is 28.8 Å². The zero-order chi connectivity index (χ0) is 16.4. The highest BCUT2D eigenvalue weighted by atomic mass is 35.5. The molecule has 0 fully saturated rings. The molecule has 0 aromatic heterocycles. The largest absolute Gasteiger partial charge is 0.350 e. The average Bonchev–Trinajstić information content (AvgIpc) is 2.26. The molecule has 0 heterocycles. The van der Waals surface area contributed by atoms with E-state index in [9.17, 15) is 13.2 Å². The first-order valence-electron chi connectivity index (χ1n) is 6.45. The molecule has 1 rings (SSSR count). The van der Waals surface area contributed by atoms with E-state index in [1.54, 1.807) is 25.1 Å². The van der Waals surface area contributed by atoms with E-state index in [1.165, 1.54) is 0 Å². The van der Waals surface area contributed by atoms with Crippen molar-refractivity contribution in [1.29, 1.82) is 0 Å². The van der Waals surface area contributed by atoms with Gasteiger partial charge in [-0.05, 0) is 45.4 Å². The van der Waals surface area contributed by atoms with Crippen LogP contribution in [-0.2, 0) is 14.8 Å². The van der Waals surface area contributed by atoms with Gasteiger partial charge in [-0.25, -0.2) is 8.42 Å². The Labute approximate surface area is 131 Å². The van der Waals surface area contributed by atoms with E-state index in [0.29, 0.717) is 16.3 Å². The van der Waals surface area contributed by atoms with Gasteiger partial charge in [0.25, 0.3) is 0 Å². The molecule has 0 atom stereocenters. The van der Waals surface area contributed by atoms with Crippen LogP contribution in [0.15, 0.2) is 18.2 Å². The fourth-order valence-corrected chi connectivity index (χ4v) is 2.91. The van der Waals surface area contributed by atoms with Gasteiger partial charge in [-0.15, -0.1) is 0 Å². The Balaban J connectivity index is 3.15. The number of sulfonamides is 1. The minimum absolute atomic E-state index is 0.280. The van der Waals surface area contributed by atoms with Crippen LogP contribution in [0.3, 0.4) is 0 Å². The maximum atomic E-state index is 12.0. The van der Waals surface area contributed by atoms with Crippen molar-refractivity contribution in [2.45, 2.75) is 33.2 Å². The number of benzene rings is 1. The summed E-state index contributed by atoms with van der Waals surface area (Å²) in [7, 11) is -3.59. The number of rotatable bonds is 4. The van der Waals surface area contributed by atoms with E-state index in [4.69, 9.17) is 11.6 Å². The fraction of sp³-hybridized carbons (Fsp3) is 0.500. The molecule has 0 aliphatic carbocycles. The summed E-state index contributed by atoms with van der Waals surface area (Å²) in [5.41, 5.74) is 0.603. The molecule has 0 spiro atoms. The van der Waals surface area contributed by atoms with Gasteiger partial charge in [-0.1, -0.05) is 17.7 Å². The second kappa shape index (κ2) is 6.23. The molecule has 118 valence electrons. The Morgan fingerprint density at radius 1 is 1.33 bits per heavy atom. The molecule has 7 heteroatoms. The molecule has 0 aliphatic heterocycles. The summed E-state index contributed by atoms with van der Waals surface area (Å²) in [5, 5.41) is 3.20. The van der Waals surface area contributed by atoms with Crippen LogP contribution in [0.4, 0.5) is 5.69 Å². The normalized spacial score (nSPS) is 12.1. The number of nitrogens with one attached hydrogen (secondary N) is 1. The molecule has 5 nitrogen and oxygen atoms in total. The predicted octanol–water partition coefficient (Wildman–Crippen LogP) is 2.33. The van der Waals surface area contributed by atoms with Gasteiger partial charge in [-0.3, -0.25) is 9.10 Å². The summed E-state index contributed by atoms with van der Waals surface area (Å²) < 4.78 is 25.1.